The van der Waals surface area contributed by atoms with Crippen LogP contribution in [-0.4, -0.2) is 12.0 Å². The molecule has 1 aromatic rings. The Morgan fingerprint density at radius 2 is 2.31 bits per heavy atom. The van der Waals surface area contributed by atoms with Gasteiger partial charge in [0.15, 0.2) is 0 Å². The van der Waals surface area contributed by atoms with E-state index in [4.69, 9.17) is 5.26 Å². The third kappa shape index (κ3) is 2.64. The fraction of sp³-hybridized carbons (Fsp3) is 0. The summed E-state index contributed by atoms with van der Waals surface area (Å²) in [5.74, 6) is -0.414. The number of carbonyl (C=O) groups is 1. The third-order valence-corrected chi connectivity index (χ3v) is 1.74. The normalized spacial score (nSPS) is 8.44. The van der Waals surface area contributed by atoms with Crippen molar-refractivity contribution in [2.75, 3.05) is 5.32 Å². The topological polar surface area (TPSA) is 82.3 Å². The van der Waals surface area contributed by atoms with Crippen molar-refractivity contribution in [2.45, 2.75) is 0 Å². The maximum absolute atomic E-state index is 11.0. The van der Waals surface area contributed by atoms with Crippen LogP contribution in [0.3, 0.4) is 0 Å². The summed E-state index contributed by atoms with van der Waals surface area (Å²) >= 11 is 0. The first-order valence-electron chi connectivity index (χ1n) is 4.26. The number of rotatable bonds is 3. The van der Waals surface area contributed by atoms with Crippen LogP contribution in [0.1, 0.15) is 5.56 Å². The molecule has 1 aromatic carbocycles. The number of nitrogens with one attached hydrogen (secondary N) is 1. The Balaban J connectivity index is 3.12. The van der Waals surface area contributed by atoms with E-state index in [9.17, 15) is 9.59 Å². The van der Waals surface area contributed by atoms with Gasteiger partial charge in [0.05, 0.1) is 16.9 Å². The number of benzene rings is 1. The predicted molar refractivity (Wildman–Crippen MR) is 57.8 cm³/mol. The van der Waals surface area contributed by atoms with E-state index in [0.29, 0.717) is 11.4 Å². The Morgan fingerprint density at radius 3 is 2.88 bits per heavy atom. The van der Waals surface area contributed by atoms with Crippen molar-refractivity contribution >= 4 is 23.4 Å². The van der Waals surface area contributed by atoms with Gasteiger partial charge in [-0.05, 0) is 24.3 Å². The summed E-state index contributed by atoms with van der Waals surface area (Å²) in [5, 5.41) is 11.3. The summed E-state index contributed by atoms with van der Waals surface area (Å²) in [4.78, 5) is 24.4. The van der Waals surface area contributed by atoms with E-state index in [-0.39, 0.29) is 5.56 Å². The maximum atomic E-state index is 11.0. The quantitative estimate of drug-likeness (QED) is 0.470. The minimum Gasteiger partial charge on any atom is -0.321 e. The number of hydrogen-bond acceptors (Lipinski definition) is 4. The molecule has 0 bridgehead atoms. The lowest BCUT2D eigenvalue weighted by Gasteiger charge is -2.04. The third-order valence-electron chi connectivity index (χ3n) is 1.74. The molecule has 0 aliphatic rings. The first-order valence-corrected chi connectivity index (χ1v) is 4.26. The zero-order valence-electron chi connectivity index (χ0n) is 8.23. The van der Waals surface area contributed by atoms with Crippen LogP contribution in [-0.2, 0) is 9.59 Å². The fourth-order valence-corrected chi connectivity index (χ4v) is 1.04. The number of nitriles is 1. The van der Waals surface area contributed by atoms with Gasteiger partial charge in [0.2, 0.25) is 12.0 Å². The molecule has 5 heteroatoms. The van der Waals surface area contributed by atoms with Gasteiger partial charge < -0.3 is 5.32 Å². The number of isocyanates is 1. The van der Waals surface area contributed by atoms with E-state index in [1.165, 1.54) is 24.3 Å². The molecule has 0 atom stereocenters. The lowest BCUT2D eigenvalue weighted by Crippen LogP contribution is -2.08. The number of carbonyl (C=O) groups excluding carboxylic acids is 2. The van der Waals surface area contributed by atoms with Crippen molar-refractivity contribution in [3.63, 3.8) is 0 Å². The van der Waals surface area contributed by atoms with Gasteiger partial charge in [-0.25, -0.2) is 4.79 Å². The standard InChI is InChI=1S/C11H7N3O2/c1-2-11(16)14-10-4-3-9(13-7-15)5-8(10)6-12/h2-5H,1H2,(H,14,16). The van der Waals surface area contributed by atoms with Crippen LogP contribution >= 0.6 is 0 Å². The Hall–Kier alpha value is -2.70. The van der Waals surface area contributed by atoms with Crippen molar-refractivity contribution in [1.82, 2.24) is 0 Å². The first-order chi connectivity index (χ1) is 7.71. The van der Waals surface area contributed by atoms with Gasteiger partial charge in [-0.3, -0.25) is 4.79 Å². The minimum absolute atomic E-state index is 0.215. The molecule has 16 heavy (non-hydrogen) atoms. The Kier molecular flexibility index (Phi) is 3.73. The predicted octanol–water partition coefficient (Wildman–Crippen LogP) is 1.65. The molecule has 0 radical (unpaired) electrons. The molecule has 5 nitrogen and oxygen atoms in total. The second-order valence-corrected chi connectivity index (χ2v) is 2.74. The molecule has 78 valence electrons. The summed E-state index contributed by atoms with van der Waals surface area (Å²) in [6.07, 6.45) is 2.46. The number of hydrogen-bond donors (Lipinski definition) is 1. The van der Waals surface area contributed by atoms with Gasteiger partial charge in [0, 0.05) is 0 Å². The van der Waals surface area contributed by atoms with Crippen LogP contribution in [0.25, 0.3) is 0 Å². The van der Waals surface area contributed by atoms with E-state index in [1.54, 1.807) is 0 Å². The molecule has 0 aliphatic carbocycles. The van der Waals surface area contributed by atoms with Crippen LogP contribution in [0.15, 0.2) is 35.8 Å². The lowest BCUT2D eigenvalue weighted by atomic mass is 10.1. The molecule has 1 N–H and O–H groups in total. The Morgan fingerprint density at radius 1 is 1.56 bits per heavy atom. The molecule has 0 saturated heterocycles. The number of nitrogens with zero attached hydrogens (tertiary/aromatic N) is 2. The van der Waals surface area contributed by atoms with Gasteiger partial charge in [-0.15, -0.1) is 0 Å². The summed E-state index contributed by atoms with van der Waals surface area (Å²) < 4.78 is 0. The van der Waals surface area contributed by atoms with Crippen LogP contribution in [0.4, 0.5) is 11.4 Å². The molecule has 0 heterocycles. The molecule has 0 saturated carbocycles. The molecule has 0 aromatic heterocycles. The zero-order chi connectivity index (χ0) is 12.0. The number of amides is 1. The van der Waals surface area contributed by atoms with Gasteiger partial charge >= 0.3 is 0 Å². The van der Waals surface area contributed by atoms with E-state index >= 15 is 0 Å². The molecule has 0 spiro atoms. The SMILES string of the molecule is C=CC(=O)Nc1ccc(N=C=O)cc1C#N. The first kappa shape index (κ1) is 11.4. The number of aliphatic imine (C=N–C) groups is 1. The van der Waals surface area contributed by atoms with E-state index in [0.717, 1.165) is 6.08 Å². The van der Waals surface area contributed by atoms with E-state index in [1.807, 2.05) is 6.07 Å². The lowest BCUT2D eigenvalue weighted by molar-refractivity contribution is -0.111. The van der Waals surface area contributed by atoms with Gasteiger partial charge in [0.25, 0.3) is 0 Å². The highest BCUT2D eigenvalue weighted by Crippen LogP contribution is 2.21. The minimum atomic E-state index is -0.414. The Bertz CT molecular complexity index is 523. The second-order valence-electron chi connectivity index (χ2n) is 2.74. The highest BCUT2D eigenvalue weighted by atomic mass is 16.1. The Labute approximate surface area is 91.7 Å². The summed E-state index contributed by atoms with van der Waals surface area (Å²) in [6, 6.07) is 6.24. The van der Waals surface area contributed by atoms with Crippen molar-refractivity contribution in [2.24, 2.45) is 4.99 Å². The smallest absolute Gasteiger partial charge is 0.247 e. The van der Waals surface area contributed by atoms with Crippen LogP contribution in [0.5, 0.6) is 0 Å². The molecular formula is C11H7N3O2. The van der Waals surface area contributed by atoms with Crippen LogP contribution < -0.4 is 5.32 Å². The largest absolute Gasteiger partial charge is 0.321 e. The van der Waals surface area contributed by atoms with Crippen molar-refractivity contribution in [1.29, 1.82) is 5.26 Å². The molecule has 0 fully saturated rings. The van der Waals surface area contributed by atoms with E-state index in [2.05, 4.69) is 16.9 Å². The average Bonchev–Trinajstić information content (AvgIpc) is 2.31. The molecule has 0 aliphatic heterocycles. The summed E-state index contributed by atoms with van der Waals surface area (Å²) in [5.41, 5.74) is 0.868. The average molecular weight is 213 g/mol. The fourth-order valence-electron chi connectivity index (χ4n) is 1.04. The number of anilines is 1. The highest BCUT2D eigenvalue weighted by molar-refractivity contribution is 5.99. The molecule has 0 unspecified atom stereocenters. The monoisotopic (exact) mass is 213 g/mol. The maximum Gasteiger partial charge on any atom is 0.247 e. The molecular weight excluding hydrogens is 206 g/mol. The van der Waals surface area contributed by atoms with Crippen LogP contribution in [0.2, 0.25) is 0 Å². The molecule has 1 amide bonds. The van der Waals surface area contributed by atoms with Gasteiger partial charge in [0.1, 0.15) is 6.07 Å². The molecule has 1 rings (SSSR count). The second kappa shape index (κ2) is 5.25. The van der Waals surface area contributed by atoms with Crippen LogP contribution in [0, 0.1) is 11.3 Å². The van der Waals surface area contributed by atoms with Gasteiger partial charge in [-0.1, -0.05) is 6.58 Å². The zero-order valence-corrected chi connectivity index (χ0v) is 8.23. The van der Waals surface area contributed by atoms with Crippen molar-refractivity contribution < 1.29 is 9.59 Å². The van der Waals surface area contributed by atoms with Crippen molar-refractivity contribution in [3.05, 3.63) is 36.4 Å². The van der Waals surface area contributed by atoms with Crippen molar-refractivity contribution in [3.8, 4) is 6.07 Å². The summed E-state index contributed by atoms with van der Waals surface area (Å²) in [6.45, 7) is 3.29. The van der Waals surface area contributed by atoms with E-state index < -0.39 is 5.91 Å². The van der Waals surface area contributed by atoms with Gasteiger partial charge in [-0.2, -0.15) is 10.3 Å². The highest BCUT2D eigenvalue weighted by Gasteiger charge is 2.05. The summed E-state index contributed by atoms with van der Waals surface area (Å²) in [7, 11) is 0.